The number of fused-ring (bicyclic) bond motifs is 2. The van der Waals surface area contributed by atoms with Crippen LogP contribution in [0.3, 0.4) is 0 Å². The number of hydrogen-bond acceptors (Lipinski definition) is 2. The third-order valence-corrected chi connectivity index (χ3v) is 5.76. The van der Waals surface area contributed by atoms with Gasteiger partial charge in [-0.15, -0.1) is 0 Å². The van der Waals surface area contributed by atoms with Gasteiger partial charge in [-0.1, -0.05) is 30.2 Å². The van der Waals surface area contributed by atoms with Crippen LogP contribution in [0.25, 0.3) is 0 Å². The highest BCUT2D eigenvalue weighted by molar-refractivity contribution is 6.30. The van der Waals surface area contributed by atoms with Gasteiger partial charge >= 0.3 is 0 Å². The van der Waals surface area contributed by atoms with E-state index in [9.17, 15) is 0 Å². The van der Waals surface area contributed by atoms with Crippen LogP contribution in [0, 0.1) is 17.8 Å². The summed E-state index contributed by atoms with van der Waals surface area (Å²) in [6.07, 6.45) is 6.93. The van der Waals surface area contributed by atoms with E-state index in [0.717, 1.165) is 41.3 Å². The predicted octanol–water partition coefficient (Wildman–Crippen LogP) is 4.10. The molecule has 0 radical (unpaired) electrons. The van der Waals surface area contributed by atoms with E-state index < -0.39 is 0 Å². The maximum atomic E-state index is 6.30. The van der Waals surface area contributed by atoms with Gasteiger partial charge in [0.2, 0.25) is 0 Å². The van der Waals surface area contributed by atoms with E-state index in [1.807, 2.05) is 18.2 Å². The molecule has 116 valence electrons. The fourth-order valence-corrected chi connectivity index (χ4v) is 4.55. The zero-order valence-electron chi connectivity index (χ0n) is 13.0. The Labute approximate surface area is 133 Å². The maximum Gasteiger partial charge on any atom is 0.0409 e. The Morgan fingerprint density at radius 1 is 1.33 bits per heavy atom. The molecular formula is C18H27ClN2. The summed E-state index contributed by atoms with van der Waals surface area (Å²) in [6.45, 7) is 2.32. The lowest BCUT2D eigenvalue weighted by Gasteiger charge is -2.28. The van der Waals surface area contributed by atoms with E-state index in [4.69, 9.17) is 17.3 Å². The van der Waals surface area contributed by atoms with Gasteiger partial charge in [0.1, 0.15) is 0 Å². The van der Waals surface area contributed by atoms with Crippen molar-refractivity contribution in [1.29, 1.82) is 0 Å². The van der Waals surface area contributed by atoms with Crippen molar-refractivity contribution >= 4 is 11.6 Å². The minimum Gasteiger partial charge on any atom is -0.324 e. The molecule has 0 saturated heterocycles. The number of hydrogen-bond donors (Lipinski definition) is 1. The Hall–Kier alpha value is -0.570. The van der Waals surface area contributed by atoms with Gasteiger partial charge in [0.25, 0.3) is 0 Å². The Kier molecular flexibility index (Phi) is 4.88. The molecule has 0 heterocycles. The van der Waals surface area contributed by atoms with Crippen LogP contribution in [-0.4, -0.2) is 25.0 Å². The Bertz CT molecular complexity index is 476. The zero-order valence-corrected chi connectivity index (χ0v) is 13.7. The first-order valence-electron chi connectivity index (χ1n) is 8.31. The summed E-state index contributed by atoms with van der Waals surface area (Å²) in [5.41, 5.74) is 7.44. The first-order valence-corrected chi connectivity index (χ1v) is 8.69. The highest BCUT2D eigenvalue weighted by atomic mass is 35.5. The molecule has 2 aliphatic carbocycles. The third kappa shape index (κ3) is 3.80. The summed E-state index contributed by atoms with van der Waals surface area (Å²) in [6, 6.07) is 8.04. The van der Waals surface area contributed by atoms with Crippen molar-refractivity contribution in [3.63, 3.8) is 0 Å². The van der Waals surface area contributed by atoms with Crippen LogP contribution < -0.4 is 5.73 Å². The summed E-state index contributed by atoms with van der Waals surface area (Å²) in [7, 11) is 2.25. The van der Waals surface area contributed by atoms with Crippen LogP contribution in [0.2, 0.25) is 5.02 Å². The lowest BCUT2D eigenvalue weighted by Crippen LogP contribution is -2.31. The monoisotopic (exact) mass is 306 g/mol. The molecule has 2 bridgehead atoms. The van der Waals surface area contributed by atoms with Crippen molar-refractivity contribution in [3.8, 4) is 0 Å². The molecule has 2 N–H and O–H groups in total. The second-order valence-electron chi connectivity index (χ2n) is 7.15. The van der Waals surface area contributed by atoms with Gasteiger partial charge in [-0.05, 0) is 74.7 Å². The number of halogens is 1. The maximum absolute atomic E-state index is 6.30. The Balaban J connectivity index is 1.44. The second kappa shape index (κ2) is 6.68. The molecule has 2 saturated carbocycles. The van der Waals surface area contributed by atoms with Crippen LogP contribution in [0.1, 0.15) is 43.7 Å². The molecule has 2 nitrogen and oxygen atoms in total. The van der Waals surface area contributed by atoms with Gasteiger partial charge in [-0.2, -0.15) is 0 Å². The molecule has 3 rings (SSSR count). The lowest BCUT2D eigenvalue weighted by molar-refractivity contribution is 0.215. The quantitative estimate of drug-likeness (QED) is 0.857. The van der Waals surface area contributed by atoms with E-state index in [1.165, 1.54) is 32.2 Å². The summed E-state index contributed by atoms with van der Waals surface area (Å²) in [4.78, 5) is 2.48. The molecule has 3 heteroatoms. The average molecular weight is 307 g/mol. The summed E-state index contributed by atoms with van der Waals surface area (Å²) in [5, 5.41) is 0.776. The molecule has 21 heavy (non-hydrogen) atoms. The molecule has 4 unspecified atom stereocenters. The SMILES string of the molecule is CN(CCC(N)c1cccc(Cl)c1)CC1CC2CCC1C2. The highest BCUT2D eigenvalue weighted by Crippen LogP contribution is 2.48. The summed E-state index contributed by atoms with van der Waals surface area (Å²) in [5.74, 6) is 3.00. The van der Waals surface area contributed by atoms with Gasteiger partial charge in [-0.25, -0.2) is 0 Å². The summed E-state index contributed by atoms with van der Waals surface area (Å²) >= 11 is 6.04. The smallest absolute Gasteiger partial charge is 0.0409 e. The molecule has 2 fully saturated rings. The van der Waals surface area contributed by atoms with Crippen LogP contribution in [0.15, 0.2) is 24.3 Å². The number of benzene rings is 1. The minimum atomic E-state index is 0.0891. The van der Waals surface area contributed by atoms with Crippen LogP contribution in [-0.2, 0) is 0 Å². The van der Waals surface area contributed by atoms with Gasteiger partial charge in [0.05, 0.1) is 0 Å². The Morgan fingerprint density at radius 2 is 2.19 bits per heavy atom. The number of nitrogens with two attached hydrogens (primary N) is 1. The first-order chi connectivity index (χ1) is 10.1. The van der Waals surface area contributed by atoms with E-state index in [1.54, 1.807) is 0 Å². The third-order valence-electron chi connectivity index (χ3n) is 5.53. The molecule has 4 atom stereocenters. The zero-order chi connectivity index (χ0) is 14.8. The molecular weight excluding hydrogens is 280 g/mol. The molecule has 0 aromatic heterocycles. The van der Waals surface area contributed by atoms with Crippen molar-refractivity contribution in [3.05, 3.63) is 34.9 Å². The average Bonchev–Trinajstić information content (AvgIpc) is 3.07. The van der Waals surface area contributed by atoms with E-state index >= 15 is 0 Å². The van der Waals surface area contributed by atoms with E-state index in [0.29, 0.717) is 0 Å². The van der Waals surface area contributed by atoms with E-state index in [2.05, 4.69) is 18.0 Å². The molecule has 1 aromatic carbocycles. The van der Waals surface area contributed by atoms with E-state index in [-0.39, 0.29) is 6.04 Å². The first kappa shape index (κ1) is 15.3. The van der Waals surface area contributed by atoms with Crippen molar-refractivity contribution < 1.29 is 0 Å². The van der Waals surface area contributed by atoms with Crippen molar-refractivity contribution in [2.24, 2.45) is 23.5 Å². The number of rotatable bonds is 6. The minimum absolute atomic E-state index is 0.0891. The van der Waals surface area contributed by atoms with Crippen LogP contribution in [0.5, 0.6) is 0 Å². The lowest BCUT2D eigenvalue weighted by atomic mass is 9.88. The molecule has 2 aliphatic rings. The van der Waals surface area contributed by atoms with Crippen LogP contribution in [0.4, 0.5) is 0 Å². The molecule has 0 amide bonds. The molecule has 0 aliphatic heterocycles. The normalized spacial score (nSPS) is 29.2. The highest BCUT2D eigenvalue weighted by Gasteiger charge is 2.39. The van der Waals surface area contributed by atoms with Gasteiger partial charge in [0.15, 0.2) is 0 Å². The van der Waals surface area contributed by atoms with Gasteiger partial charge in [-0.3, -0.25) is 0 Å². The fourth-order valence-electron chi connectivity index (χ4n) is 4.36. The standard InChI is InChI=1S/C18H27ClN2/c1-21(12-16-10-13-5-6-14(16)9-13)8-7-18(20)15-3-2-4-17(19)11-15/h2-4,11,13-14,16,18H,5-10,12,20H2,1H3. The van der Waals surface area contributed by atoms with Gasteiger partial charge in [0, 0.05) is 17.6 Å². The largest absolute Gasteiger partial charge is 0.324 e. The Morgan fingerprint density at radius 3 is 2.86 bits per heavy atom. The van der Waals surface area contributed by atoms with Crippen LogP contribution >= 0.6 is 11.6 Å². The van der Waals surface area contributed by atoms with Gasteiger partial charge < -0.3 is 10.6 Å². The summed E-state index contributed by atoms with van der Waals surface area (Å²) < 4.78 is 0. The van der Waals surface area contributed by atoms with Crippen molar-refractivity contribution in [2.45, 2.75) is 38.1 Å². The molecule has 0 spiro atoms. The molecule has 1 aromatic rings. The fraction of sp³-hybridized carbons (Fsp3) is 0.667. The second-order valence-corrected chi connectivity index (χ2v) is 7.58. The van der Waals surface area contributed by atoms with Crippen molar-refractivity contribution in [1.82, 2.24) is 4.90 Å². The topological polar surface area (TPSA) is 29.3 Å². The predicted molar refractivity (Wildman–Crippen MR) is 89.4 cm³/mol. The number of nitrogens with zero attached hydrogens (tertiary/aromatic N) is 1. The van der Waals surface area contributed by atoms with Crippen molar-refractivity contribution in [2.75, 3.05) is 20.1 Å².